The van der Waals surface area contributed by atoms with Crippen LogP contribution in [-0.4, -0.2) is 56.5 Å². The number of nitrogens with zero attached hydrogens (tertiary/aromatic N) is 2. The number of aliphatic hydroxyl groups is 1. The van der Waals surface area contributed by atoms with Crippen LogP contribution in [0.3, 0.4) is 0 Å². The maximum Gasteiger partial charge on any atom is 0.337 e. The summed E-state index contributed by atoms with van der Waals surface area (Å²) in [5.74, 6) is 0.669. The molecule has 1 aliphatic heterocycles. The maximum atomic E-state index is 12.4. The second-order valence-electron chi connectivity index (χ2n) is 7.93. The number of rotatable bonds is 12. The summed E-state index contributed by atoms with van der Waals surface area (Å²) in [4.78, 5) is 24.4. The van der Waals surface area contributed by atoms with Crippen molar-refractivity contribution in [2.75, 3.05) is 26.9 Å². The number of hydrogen-bond acceptors (Lipinski definition) is 10. The first-order valence-electron chi connectivity index (χ1n) is 11.7. The van der Waals surface area contributed by atoms with Crippen molar-refractivity contribution in [3.05, 3.63) is 64.9 Å². The van der Waals surface area contributed by atoms with Crippen molar-refractivity contribution in [2.24, 2.45) is 5.10 Å². The summed E-state index contributed by atoms with van der Waals surface area (Å²) in [6, 6.07) is 12.6. The number of hydrogen-bond donors (Lipinski definition) is 4. The molecule has 0 bridgehead atoms. The summed E-state index contributed by atoms with van der Waals surface area (Å²) in [5, 5.41) is 28.2. The summed E-state index contributed by atoms with van der Waals surface area (Å²) in [7, 11) is 1.27. The highest BCUT2D eigenvalue weighted by molar-refractivity contribution is 5.95. The van der Waals surface area contributed by atoms with Crippen LogP contribution in [0.5, 0.6) is 17.2 Å². The average Bonchev–Trinajstić information content (AvgIpc) is 2.90. The summed E-state index contributed by atoms with van der Waals surface area (Å²) >= 11 is 0. The van der Waals surface area contributed by atoms with Crippen molar-refractivity contribution >= 4 is 18.2 Å². The third kappa shape index (κ3) is 7.37. The third-order valence-electron chi connectivity index (χ3n) is 5.27. The van der Waals surface area contributed by atoms with Crippen LogP contribution in [0.15, 0.2) is 58.8 Å². The molecule has 2 aromatic carbocycles. The van der Waals surface area contributed by atoms with E-state index in [4.69, 9.17) is 24.2 Å². The van der Waals surface area contributed by atoms with Crippen LogP contribution in [0.2, 0.25) is 0 Å². The van der Waals surface area contributed by atoms with Gasteiger partial charge in [-0.3, -0.25) is 5.43 Å². The molecule has 0 fully saturated rings. The van der Waals surface area contributed by atoms with Crippen molar-refractivity contribution in [3.63, 3.8) is 0 Å². The first kappa shape index (κ1) is 27.8. The molecule has 12 heteroatoms. The smallest absolute Gasteiger partial charge is 0.337 e. The largest absolute Gasteiger partial charge is 0.490 e. The lowest BCUT2D eigenvalue weighted by molar-refractivity contribution is -0.136. The molecule has 0 aromatic heterocycles. The van der Waals surface area contributed by atoms with Crippen LogP contribution in [0.1, 0.15) is 31.0 Å². The van der Waals surface area contributed by atoms with E-state index < -0.39 is 24.3 Å². The standard InChI is InChI=1S/C26H29N5O7/c1-4-36-21-13-18(24-23(25(33)35-3)16(2)29-26(34)30-24)8-9-20(21)38-15-22(32)31-28-14-17-6-5-7-19(12-17)37-11-10-27/h5-9,12-14,22,24,31-32H,4,11,15H2,1-3H3,(H2,29,30,34)/b28-14+/t22-,24+/m1/s1. The number of nitriles is 1. The van der Waals surface area contributed by atoms with Gasteiger partial charge in [0.25, 0.3) is 0 Å². The Morgan fingerprint density at radius 3 is 2.79 bits per heavy atom. The zero-order valence-electron chi connectivity index (χ0n) is 21.2. The van der Waals surface area contributed by atoms with Crippen LogP contribution in [0.4, 0.5) is 4.79 Å². The molecule has 0 unspecified atom stereocenters. The Bertz CT molecular complexity index is 1250. The molecule has 0 aliphatic carbocycles. The van der Waals surface area contributed by atoms with Gasteiger partial charge in [-0.1, -0.05) is 18.2 Å². The van der Waals surface area contributed by atoms with E-state index in [2.05, 4.69) is 21.2 Å². The van der Waals surface area contributed by atoms with Gasteiger partial charge in [-0.15, -0.1) is 0 Å². The Balaban J connectivity index is 1.67. The van der Waals surface area contributed by atoms with Crippen LogP contribution in [-0.2, 0) is 9.53 Å². The van der Waals surface area contributed by atoms with Gasteiger partial charge in [0, 0.05) is 5.70 Å². The first-order valence-corrected chi connectivity index (χ1v) is 11.7. The highest BCUT2D eigenvalue weighted by atomic mass is 16.5. The fourth-order valence-electron chi connectivity index (χ4n) is 3.62. The number of carbonyl (C=O) groups is 2. The van der Waals surface area contributed by atoms with E-state index in [1.807, 2.05) is 6.07 Å². The topological polar surface area (TPSA) is 164 Å². The summed E-state index contributed by atoms with van der Waals surface area (Å²) in [6.45, 7) is 3.54. The number of benzene rings is 2. The predicted octanol–water partition coefficient (Wildman–Crippen LogP) is 2.11. The van der Waals surface area contributed by atoms with E-state index in [1.165, 1.54) is 13.3 Å². The SMILES string of the molecule is CCOc1cc([C@@H]2NC(=O)NC(C)=C2C(=O)OC)ccc1OC[C@@H](O)N/N=C/c1cccc(OCC#N)c1. The number of amides is 2. The van der Waals surface area contributed by atoms with Gasteiger partial charge >= 0.3 is 12.0 Å². The van der Waals surface area contributed by atoms with E-state index in [9.17, 15) is 14.7 Å². The third-order valence-corrected chi connectivity index (χ3v) is 5.27. The first-order chi connectivity index (χ1) is 18.4. The second-order valence-corrected chi connectivity index (χ2v) is 7.93. The van der Waals surface area contributed by atoms with E-state index in [0.29, 0.717) is 40.7 Å². The van der Waals surface area contributed by atoms with Gasteiger partial charge in [0.2, 0.25) is 0 Å². The molecular weight excluding hydrogens is 494 g/mol. The summed E-state index contributed by atoms with van der Waals surface area (Å²) < 4.78 is 21.6. The zero-order valence-corrected chi connectivity index (χ0v) is 21.2. The van der Waals surface area contributed by atoms with Gasteiger partial charge in [-0.25, -0.2) is 9.59 Å². The van der Waals surface area contributed by atoms with E-state index in [-0.39, 0.29) is 18.8 Å². The number of allylic oxidation sites excluding steroid dienone is 1. The number of methoxy groups -OCH3 is 1. The molecule has 0 spiro atoms. The van der Waals surface area contributed by atoms with Crippen LogP contribution < -0.4 is 30.3 Å². The monoisotopic (exact) mass is 523 g/mol. The van der Waals surface area contributed by atoms with Crippen LogP contribution >= 0.6 is 0 Å². The van der Waals surface area contributed by atoms with Crippen molar-refractivity contribution in [2.45, 2.75) is 26.1 Å². The van der Waals surface area contributed by atoms with E-state index >= 15 is 0 Å². The lowest BCUT2D eigenvalue weighted by Crippen LogP contribution is -2.45. The van der Waals surface area contributed by atoms with Gasteiger partial charge in [-0.2, -0.15) is 10.4 Å². The molecule has 12 nitrogen and oxygen atoms in total. The molecule has 4 N–H and O–H groups in total. The molecule has 0 radical (unpaired) electrons. The normalized spacial score (nSPS) is 15.7. The molecular formula is C26H29N5O7. The molecule has 2 aromatic rings. The maximum absolute atomic E-state index is 12.4. The molecule has 3 rings (SSSR count). The fraction of sp³-hybridized carbons (Fsp3) is 0.308. The quantitative estimate of drug-likeness (QED) is 0.141. The van der Waals surface area contributed by atoms with Gasteiger partial charge in [0.05, 0.1) is 31.5 Å². The average molecular weight is 524 g/mol. The number of esters is 1. The predicted molar refractivity (Wildman–Crippen MR) is 137 cm³/mol. The lowest BCUT2D eigenvalue weighted by Gasteiger charge is -2.28. The molecule has 0 saturated heterocycles. The van der Waals surface area contributed by atoms with Crippen molar-refractivity contribution in [1.29, 1.82) is 5.26 Å². The molecule has 200 valence electrons. The number of ether oxygens (including phenoxy) is 4. The Morgan fingerprint density at radius 2 is 2.05 bits per heavy atom. The number of hydrazone groups is 1. The molecule has 0 saturated carbocycles. The summed E-state index contributed by atoms with van der Waals surface area (Å²) in [6.07, 6.45) is 0.351. The van der Waals surface area contributed by atoms with Crippen molar-refractivity contribution in [1.82, 2.24) is 16.1 Å². The second kappa shape index (κ2) is 13.5. The van der Waals surface area contributed by atoms with Gasteiger partial charge in [0.1, 0.15) is 18.4 Å². The van der Waals surface area contributed by atoms with Crippen LogP contribution in [0, 0.1) is 11.3 Å². The minimum Gasteiger partial charge on any atom is -0.490 e. The number of carbonyl (C=O) groups excluding carboxylic acids is 2. The zero-order chi connectivity index (χ0) is 27.5. The Labute approximate surface area is 219 Å². The number of urea groups is 1. The summed E-state index contributed by atoms with van der Waals surface area (Å²) in [5.41, 5.74) is 4.51. The minimum absolute atomic E-state index is 0.0606. The van der Waals surface area contributed by atoms with Gasteiger partial charge in [-0.05, 0) is 49.2 Å². The molecule has 1 aliphatic rings. The van der Waals surface area contributed by atoms with Gasteiger partial charge < -0.3 is 34.7 Å². The number of aliphatic hydroxyl groups excluding tert-OH is 1. The minimum atomic E-state index is -1.14. The number of nitrogens with one attached hydrogen (secondary N) is 3. The fourth-order valence-corrected chi connectivity index (χ4v) is 3.62. The van der Waals surface area contributed by atoms with E-state index in [1.54, 1.807) is 56.3 Å². The lowest BCUT2D eigenvalue weighted by atomic mass is 9.95. The van der Waals surface area contributed by atoms with E-state index in [0.717, 1.165) is 0 Å². The van der Waals surface area contributed by atoms with Crippen molar-refractivity contribution < 1.29 is 33.6 Å². The highest BCUT2D eigenvalue weighted by Crippen LogP contribution is 2.34. The van der Waals surface area contributed by atoms with Crippen molar-refractivity contribution in [3.8, 4) is 23.3 Å². The molecule has 2 amide bonds. The highest BCUT2D eigenvalue weighted by Gasteiger charge is 2.32. The molecule has 38 heavy (non-hydrogen) atoms. The molecule has 2 atom stereocenters. The Kier molecular flexibility index (Phi) is 9.90. The van der Waals surface area contributed by atoms with Crippen LogP contribution in [0.25, 0.3) is 0 Å². The molecule has 1 heterocycles. The Morgan fingerprint density at radius 1 is 1.24 bits per heavy atom. The van der Waals surface area contributed by atoms with Gasteiger partial charge in [0.15, 0.2) is 24.3 Å². The Hall–Kier alpha value is -4.76.